The van der Waals surface area contributed by atoms with E-state index in [0.717, 1.165) is 6.42 Å². The van der Waals surface area contributed by atoms with Crippen molar-refractivity contribution in [3.05, 3.63) is 11.6 Å². The van der Waals surface area contributed by atoms with E-state index in [0.29, 0.717) is 5.92 Å². The summed E-state index contributed by atoms with van der Waals surface area (Å²) in [5, 5.41) is 18.8. The van der Waals surface area contributed by atoms with Gasteiger partial charge in [0.25, 0.3) is 0 Å². The summed E-state index contributed by atoms with van der Waals surface area (Å²) >= 11 is 0. The van der Waals surface area contributed by atoms with Crippen LogP contribution in [0.1, 0.15) is 27.2 Å². The SMILES string of the molecule is CC1=C[C@@H](C)C(CO)(CO)[C@@H](C)C1. The Morgan fingerprint density at radius 3 is 2.31 bits per heavy atom. The fourth-order valence-corrected chi connectivity index (χ4v) is 2.45. The van der Waals surface area contributed by atoms with Gasteiger partial charge in [-0.1, -0.05) is 25.5 Å². The molecule has 0 unspecified atom stereocenters. The monoisotopic (exact) mass is 184 g/mol. The molecule has 0 saturated carbocycles. The summed E-state index contributed by atoms with van der Waals surface area (Å²) in [7, 11) is 0. The number of aliphatic hydroxyl groups is 2. The molecule has 0 fully saturated rings. The molecule has 2 N–H and O–H groups in total. The maximum absolute atomic E-state index is 9.38. The molecule has 76 valence electrons. The maximum atomic E-state index is 9.38. The Morgan fingerprint density at radius 2 is 1.92 bits per heavy atom. The van der Waals surface area contributed by atoms with Gasteiger partial charge in [0.05, 0.1) is 13.2 Å². The zero-order chi connectivity index (χ0) is 10.1. The average Bonchev–Trinajstić information content (AvgIpc) is 2.05. The van der Waals surface area contributed by atoms with Crippen molar-refractivity contribution in [3.63, 3.8) is 0 Å². The molecule has 0 heterocycles. The largest absolute Gasteiger partial charge is 0.396 e. The van der Waals surface area contributed by atoms with Crippen LogP contribution in [0, 0.1) is 17.3 Å². The summed E-state index contributed by atoms with van der Waals surface area (Å²) in [5.74, 6) is 0.633. The first-order valence-corrected chi connectivity index (χ1v) is 4.96. The van der Waals surface area contributed by atoms with E-state index in [-0.39, 0.29) is 24.5 Å². The fourth-order valence-electron chi connectivity index (χ4n) is 2.45. The van der Waals surface area contributed by atoms with Gasteiger partial charge < -0.3 is 10.2 Å². The van der Waals surface area contributed by atoms with Crippen LogP contribution in [-0.2, 0) is 0 Å². The highest BCUT2D eigenvalue weighted by molar-refractivity contribution is 5.12. The molecule has 13 heavy (non-hydrogen) atoms. The molecule has 2 nitrogen and oxygen atoms in total. The van der Waals surface area contributed by atoms with Gasteiger partial charge in [-0.2, -0.15) is 0 Å². The predicted octanol–water partition coefficient (Wildman–Crippen LogP) is 1.58. The molecule has 0 aromatic rings. The molecule has 1 rings (SSSR count). The van der Waals surface area contributed by atoms with E-state index in [1.807, 2.05) is 0 Å². The summed E-state index contributed by atoms with van der Waals surface area (Å²) < 4.78 is 0. The molecule has 0 bridgehead atoms. The molecule has 2 atom stereocenters. The van der Waals surface area contributed by atoms with E-state index in [4.69, 9.17) is 0 Å². The van der Waals surface area contributed by atoms with Gasteiger partial charge in [-0.05, 0) is 25.2 Å². The van der Waals surface area contributed by atoms with E-state index in [1.165, 1.54) is 5.57 Å². The van der Waals surface area contributed by atoms with E-state index in [2.05, 4.69) is 26.8 Å². The molecule has 0 radical (unpaired) electrons. The molecule has 0 spiro atoms. The Kier molecular flexibility index (Phi) is 3.14. The smallest absolute Gasteiger partial charge is 0.0517 e. The van der Waals surface area contributed by atoms with Crippen molar-refractivity contribution in [2.75, 3.05) is 13.2 Å². The zero-order valence-electron chi connectivity index (χ0n) is 8.75. The van der Waals surface area contributed by atoms with E-state index < -0.39 is 0 Å². The second-order valence-corrected chi connectivity index (χ2v) is 4.46. The van der Waals surface area contributed by atoms with Gasteiger partial charge in [0.2, 0.25) is 0 Å². The van der Waals surface area contributed by atoms with E-state index in [1.54, 1.807) is 0 Å². The lowest BCUT2D eigenvalue weighted by Crippen LogP contribution is -2.44. The van der Waals surface area contributed by atoms with Crippen LogP contribution in [0.3, 0.4) is 0 Å². The molecule has 1 aliphatic rings. The molecule has 0 saturated heterocycles. The van der Waals surface area contributed by atoms with Gasteiger partial charge >= 0.3 is 0 Å². The van der Waals surface area contributed by atoms with Crippen LogP contribution >= 0.6 is 0 Å². The number of aliphatic hydroxyl groups excluding tert-OH is 2. The number of hydrogen-bond acceptors (Lipinski definition) is 2. The first kappa shape index (κ1) is 10.7. The van der Waals surface area contributed by atoms with Crippen molar-refractivity contribution in [1.29, 1.82) is 0 Å². The van der Waals surface area contributed by atoms with Crippen LogP contribution in [0.25, 0.3) is 0 Å². The lowest BCUT2D eigenvalue weighted by Gasteiger charge is -2.43. The summed E-state index contributed by atoms with van der Waals surface area (Å²) in [4.78, 5) is 0. The minimum atomic E-state index is -0.306. The van der Waals surface area contributed by atoms with Crippen LogP contribution in [0.2, 0.25) is 0 Å². The Balaban J connectivity index is 2.96. The molecule has 0 aromatic carbocycles. The van der Waals surface area contributed by atoms with Crippen LogP contribution in [-0.4, -0.2) is 23.4 Å². The minimum Gasteiger partial charge on any atom is -0.396 e. The van der Waals surface area contributed by atoms with E-state index in [9.17, 15) is 10.2 Å². The summed E-state index contributed by atoms with van der Waals surface area (Å²) in [6.07, 6.45) is 3.16. The molecule has 1 aliphatic carbocycles. The van der Waals surface area contributed by atoms with Crippen molar-refractivity contribution in [2.24, 2.45) is 17.3 Å². The first-order valence-electron chi connectivity index (χ1n) is 4.96. The molecule has 0 amide bonds. The molecule has 0 aromatic heterocycles. The maximum Gasteiger partial charge on any atom is 0.0517 e. The van der Waals surface area contributed by atoms with Gasteiger partial charge in [0.15, 0.2) is 0 Å². The van der Waals surface area contributed by atoms with Crippen LogP contribution in [0.5, 0.6) is 0 Å². The lowest BCUT2D eigenvalue weighted by atomic mass is 9.63. The number of allylic oxidation sites excluding steroid dienone is 2. The fraction of sp³-hybridized carbons (Fsp3) is 0.818. The second-order valence-electron chi connectivity index (χ2n) is 4.46. The average molecular weight is 184 g/mol. The third-order valence-electron chi connectivity index (χ3n) is 3.64. The van der Waals surface area contributed by atoms with E-state index >= 15 is 0 Å². The Morgan fingerprint density at radius 1 is 1.38 bits per heavy atom. The normalized spacial score (nSPS) is 32.8. The molecule has 2 heteroatoms. The highest BCUT2D eigenvalue weighted by Crippen LogP contribution is 2.43. The van der Waals surface area contributed by atoms with Crippen molar-refractivity contribution in [3.8, 4) is 0 Å². The third-order valence-corrected chi connectivity index (χ3v) is 3.64. The Hall–Kier alpha value is -0.340. The van der Waals surface area contributed by atoms with Gasteiger partial charge in [0.1, 0.15) is 0 Å². The molecular weight excluding hydrogens is 164 g/mol. The second kappa shape index (κ2) is 3.81. The third kappa shape index (κ3) is 1.65. The Labute approximate surface area is 80.3 Å². The lowest BCUT2D eigenvalue weighted by molar-refractivity contribution is -0.0245. The summed E-state index contributed by atoms with van der Waals surface area (Å²) in [5.41, 5.74) is 1.07. The van der Waals surface area contributed by atoms with Crippen LogP contribution < -0.4 is 0 Å². The van der Waals surface area contributed by atoms with Crippen molar-refractivity contribution in [1.82, 2.24) is 0 Å². The quantitative estimate of drug-likeness (QED) is 0.640. The topological polar surface area (TPSA) is 40.5 Å². The first-order chi connectivity index (χ1) is 6.06. The summed E-state index contributed by atoms with van der Waals surface area (Å²) in [6.45, 7) is 6.46. The molecular formula is C11H20O2. The molecule has 0 aliphatic heterocycles. The number of hydrogen-bond donors (Lipinski definition) is 2. The van der Waals surface area contributed by atoms with Crippen molar-refractivity contribution >= 4 is 0 Å². The minimum absolute atomic E-state index is 0.0790. The van der Waals surface area contributed by atoms with Gasteiger partial charge in [-0.25, -0.2) is 0 Å². The Bertz CT molecular complexity index is 204. The summed E-state index contributed by atoms with van der Waals surface area (Å²) in [6, 6.07) is 0. The van der Waals surface area contributed by atoms with Crippen molar-refractivity contribution in [2.45, 2.75) is 27.2 Å². The van der Waals surface area contributed by atoms with Crippen molar-refractivity contribution < 1.29 is 10.2 Å². The highest BCUT2D eigenvalue weighted by atomic mass is 16.3. The highest BCUT2D eigenvalue weighted by Gasteiger charge is 2.41. The van der Waals surface area contributed by atoms with Gasteiger partial charge in [-0.3, -0.25) is 0 Å². The van der Waals surface area contributed by atoms with Gasteiger partial charge in [-0.15, -0.1) is 0 Å². The zero-order valence-corrected chi connectivity index (χ0v) is 8.75. The van der Waals surface area contributed by atoms with Crippen LogP contribution in [0.4, 0.5) is 0 Å². The van der Waals surface area contributed by atoms with Crippen LogP contribution in [0.15, 0.2) is 11.6 Å². The standard InChI is InChI=1S/C11H20O2/c1-8-4-9(2)11(6-12,7-13)10(3)5-8/h4,9-10,12-13H,5-7H2,1-3H3/t9-,10+/m1/s1. The van der Waals surface area contributed by atoms with Gasteiger partial charge in [0, 0.05) is 5.41 Å². The predicted molar refractivity (Wildman–Crippen MR) is 53.3 cm³/mol. The number of rotatable bonds is 2.